The van der Waals surface area contributed by atoms with Crippen LogP contribution in [0, 0.1) is 0 Å². The minimum atomic E-state index is 0.00204. The third kappa shape index (κ3) is 3.19. The van der Waals surface area contributed by atoms with E-state index in [1.165, 1.54) is 0 Å². The van der Waals surface area contributed by atoms with Gasteiger partial charge in [0.15, 0.2) is 0 Å². The molecule has 2 N–H and O–H groups in total. The lowest BCUT2D eigenvalue weighted by atomic mass is 10.0. The Hall–Kier alpha value is -1.26. The fourth-order valence-electron chi connectivity index (χ4n) is 2.46. The first kappa shape index (κ1) is 14.2. The van der Waals surface area contributed by atoms with Gasteiger partial charge in [-0.15, -0.1) is 0 Å². The van der Waals surface area contributed by atoms with Crippen molar-refractivity contribution in [3.05, 3.63) is 28.8 Å². The van der Waals surface area contributed by atoms with Gasteiger partial charge in [0.05, 0.1) is 10.6 Å². The SMILES string of the molecule is CN(C)C1CCN(C(=O)c2ccc(N)cc2Cl)CC1. The molecule has 1 aliphatic heterocycles. The molecule has 0 radical (unpaired) electrons. The minimum Gasteiger partial charge on any atom is -0.399 e. The second-order valence-corrected chi connectivity index (χ2v) is 5.63. The zero-order valence-corrected chi connectivity index (χ0v) is 12.2. The molecule has 2 rings (SSSR count). The van der Waals surface area contributed by atoms with Crippen LogP contribution in [0.4, 0.5) is 5.69 Å². The van der Waals surface area contributed by atoms with E-state index < -0.39 is 0 Å². The summed E-state index contributed by atoms with van der Waals surface area (Å²) in [6.45, 7) is 1.56. The molecule has 0 atom stereocenters. The van der Waals surface area contributed by atoms with E-state index in [9.17, 15) is 4.79 Å². The van der Waals surface area contributed by atoms with E-state index in [2.05, 4.69) is 19.0 Å². The largest absolute Gasteiger partial charge is 0.399 e. The number of nitrogen functional groups attached to an aromatic ring is 1. The third-order valence-electron chi connectivity index (χ3n) is 3.71. The molecule has 0 bridgehead atoms. The Balaban J connectivity index is 2.05. The number of nitrogens with zero attached hydrogens (tertiary/aromatic N) is 2. The fourth-order valence-corrected chi connectivity index (χ4v) is 2.73. The number of halogens is 1. The lowest BCUT2D eigenvalue weighted by Crippen LogP contribution is -2.44. The van der Waals surface area contributed by atoms with E-state index in [-0.39, 0.29) is 5.91 Å². The molecule has 1 aliphatic rings. The van der Waals surface area contributed by atoms with Gasteiger partial charge in [0.2, 0.25) is 0 Å². The Morgan fingerprint density at radius 3 is 2.53 bits per heavy atom. The standard InChI is InChI=1S/C14H20ClN3O/c1-17(2)11-5-7-18(8-6-11)14(19)12-4-3-10(16)9-13(12)15/h3-4,9,11H,5-8,16H2,1-2H3. The van der Waals surface area contributed by atoms with E-state index in [1.54, 1.807) is 18.2 Å². The van der Waals surface area contributed by atoms with Crippen molar-refractivity contribution in [1.29, 1.82) is 0 Å². The number of carbonyl (C=O) groups excluding carboxylic acids is 1. The number of anilines is 1. The molecular formula is C14H20ClN3O. The monoisotopic (exact) mass is 281 g/mol. The number of piperidine rings is 1. The summed E-state index contributed by atoms with van der Waals surface area (Å²) in [4.78, 5) is 16.5. The van der Waals surface area contributed by atoms with E-state index >= 15 is 0 Å². The average molecular weight is 282 g/mol. The Labute approximate surface area is 119 Å². The van der Waals surface area contributed by atoms with Crippen LogP contribution in [-0.4, -0.2) is 48.9 Å². The minimum absolute atomic E-state index is 0.00204. The smallest absolute Gasteiger partial charge is 0.255 e. The highest BCUT2D eigenvalue weighted by molar-refractivity contribution is 6.34. The normalized spacial score (nSPS) is 16.9. The molecule has 1 aromatic carbocycles. The van der Waals surface area contributed by atoms with Crippen LogP contribution in [0.1, 0.15) is 23.2 Å². The summed E-state index contributed by atoms with van der Waals surface area (Å²) in [7, 11) is 4.16. The number of carbonyl (C=O) groups is 1. The Kier molecular flexibility index (Phi) is 4.32. The summed E-state index contributed by atoms with van der Waals surface area (Å²) in [6.07, 6.45) is 2.01. The van der Waals surface area contributed by atoms with Crippen molar-refractivity contribution in [2.45, 2.75) is 18.9 Å². The molecule has 0 aliphatic carbocycles. The van der Waals surface area contributed by atoms with Crippen LogP contribution in [0.3, 0.4) is 0 Å². The Morgan fingerprint density at radius 2 is 2.00 bits per heavy atom. The number of nitrogens with two attached hydrogens (primary N) is 1. The van der Waals surface area contributed by atoms with E-state index in [0.29, 0.717) is 22.3 Å². The van der Waals surface area contributed by atoms with Crippen LogP contribution in [0.5, 0.6) is 0 Å². The van der Waals surface area contributed by atoms with Gasteiger partial charge in [0.1, 0.15) is 0 Å². The van der Waals surface area contributed by atoms with Crippen molar-refractivity contribution < 1.29 is 4.79 Å². The molecule has 4 nitrogen and oxygen atoms in total. The summed E-state index contributed by atoms with van der Waals surface area (Å²) in [6, 6.07) is 5.61. The van der Waals surface area contributed by atoms with Crippen molar-refractivity contribution in [1.82, 2.24) is 9.80 Å². The maximum Gasteiger partial charge on any atom is 0.255 e. The van der Waals surface area contributed by atoms with Gasteiger partial charge in [-0.3, -0.25) is 4.79 Å². The molecule has 5 heteroatoms. The Bertz CT molecular complexity index is 468. The summed E-state index contributed by atoms with van der Waals surface area (Å²) in [5.41, 5.74) is 6.76. The van der Waals surface area contributed by atoms with E-state index in [0.717, 1.165) is 25.9 Å². The second kappa shape index (κ2) is 5.80. The lowest BCUT2D eigenvalue weighted by Gasteiger charge is -2.35. The number of hydrogen-bond donors (Lipinski definition) is 1. The van der Waals surface area contributed by atoms with Crippen LogP contribution < -0.4 is 5.73 Å². The molecular weight excluding hydrogens is 262 g/mol. The van der Waals surface area contributed by atoms with Gasteiger partial charge in [-0.25, -0.2) is 0 Å². The van der Waals surface area contributed by atoms with Crippen LogP contribution in [0.2, 0.25) is 5.02 Å². The van der Waals surface area contributed by atoms with Gasteiger partial charge in [-0.05, 0) is 45.1 Å². The maximum absolute atomic E-state index is 12.4. The molecule has 1 aromatic rings. The molecule has 0 unspecified atom stereocenters. The molecule has 0 saturated carbocycles. The fraction of sp³-hybridized carbons (Fsp3) is 0.500. The molecule has 1 fully saturated rings. The first-order valence-corrected chi connectivity index (χ1v) is 6.87. The van der Waals surface area contributed by atoms with Crippen LogP contribution >= 0.6 is 11.6 Å². The van der Waals surface area contributed by atoms with Gasteiger partial charge in [-0.2, -0.15) is 0 Å². The van der Waals surface area contributed by atoms with Gasteiger partial charge >= 0.3 is 0 Å². The number of benzene rings is 1. The summed E-state index contributed by atoms with van der Waals surface area (Å²) in [5.74, 6) is 0.00204. The van der Waals surface area contributed by atoms with E-state index in [1.807, 2.05) is 4.90 Å². The number of rotatable bonds is 2. The molecule has 104 valence electrons. The topological polar surface area (TPSA) is 49.6 Å². The molecule has 1 heterocycles. The summed E-state index contributed by atoms with van der Waals surface area (Å²) >= 11 is 6.09. The highest BCUT2D eigenvalue weighted by atomic mass is 35.5. The third-order valence-corrected chi connectivity index (χ3v) is 4.02. The van der Waals surface area contributed by atoms with Crippen molar-refractivity contribution in [3.63, 3.8) is 0 Å². The molecule has 1 amide bonds. The number of likely N-dealkylation sites (tertiary alicyclic amines) is 1. The summed E-state index contributed by atoms with van der Waals surface area (Å²) < 4.78 is 0. The maximum atomic E-state index is 12.4. The predicted molar refractivity (Wildman–Crippen MR) is 78.5 cm³/mol. The number of hydrogen-bond acceptors (Lipinski definition) is 3. The van der Waals surface area contributed by atoms with Crippen LogP contribution in [-0.2, 0) is 0 Å². The van der Waals surface area contributed by atoms with Gasteiger partial charge in [0.25, 0.3) is 5.91 Å². The molecule has 0 spiro atoms. The van der Waals surface area contributed by atoms with Crippen molar-refractivity contribution in [3.8, 4) is 0 Å². The Morgan fingerprint density at radius 1 is 1.37 bits per heavy atom. The predicted octanol–water partition coefficient (Wildman–Crippen LogP) is 2.09. The first-order valence-electron chi connectivity index (χ1n) is 6.50. The van der Waals surface area contributed by atoms with Gasteiger partial charge < -0.3 is 15.5 Å². The molecule has 0 aromatic heterocycles. The average Bonchev–Trinajstić information content (AvgIpc) is 2.38. The highest BCUT2D eigenvalue weighted by Gasteiger charge is 2.25. The second-order valence-electron chi connectivity index (χ2n) is 5.23. The zero-order chi connectivity index (χ0) is 14.0. The lowest BCUT2D eigenvalue weighted by molar-refractivity contribution is 0.0663. The van der Waals surface area contributed by atoms with Crippen LogP contribution in [0.15, 0.2) is 18.2 Å². The van der Waals surface area contributed by atoms with Gasteiger partial charge in [0, 0.05) is 24.8 Å². The zero-order valence-electron chi connectivity index (χ0n) is 11.4. The van der Waals surface area contributed by atoms with Crippen molar-refractivity contribution >= 4 is 23.2 Å². The first-order chi connectivity index (χ1) is 8.99. The van der Waals surface area contributed by atoms with Gasteiger partial charge in [-0.1, -0.05) is 11.6 Å². The summed E-state index contributed by atoms with van der Waals surface area (Å²) in [5, 5.41) is 0.430. The highest BCUT2D eigenvalue weighted by Crippen LogP contribution is 2.23. The van der Waals surface area contributed by atoms with E-state index in [4.69, 9.17) is 17.3 Å². The van der Waals surface area contributed by atoms with Crippen LogP contribution in [0.25, 0.3) is 0 Å². The van der Waals surface area contributed by atoms with Crippen molar-refractivity contribution in [2.75, 3.05) is 32.9 Å². The molecule has 19 heavy (non-hydrogen) atoms. The quantitative estimate of drug-likeness (QED) is 0.845. The molecule has 1 saturated heterocycles. The van der Waals surface area contributed by atoms with Crippen molar-refractivity contribution in [2.24, 2.45) is 0 Å². The number of amides is 1.